The Labute approximate surface area is 118 Å². The van der Waals surface area contributed by atoms with Crippen molar-refractivity contribution in [3.63, 3.8) is 0 Å². The molecule has 1 saturated carbocycles. The Hall–Kier alpha value is -1.40. The predicted molar refractivity (Wildman–Crippen MR) is 73.7 cm³/mol. The van der Waals surface area contributed by atoms with Crippen molar-refractivity contribution in [2.75, 3.05) is 6.54 Å². The summed E-state index contributed by atoms with van der Waals surface area (Å²) in [7, 11) is 1.95. The molecule has 1 aliphatic carbocycles. The number of carbonyl (C=O) groups excluding carboxylic acids is 1. The summed E-state index contributed by atoms with van der Waals surface area (Å²) in [5, 5.41) is 0. The van der Waals surface area contributed by atoms with E-state index in [0.29, 0.717) is 19.1 Å². The van der Waals surface area contributed by atoms with Gasteiger partial charge in [0, 0.05) is 32.0 Å². The van der Waals surface area contributed by atoms with Gasteiger partial charge in [0.25, 0.3) is 5.91 Å². The fraction of sp³-hybridized carbons (Fsp3) is 0.714. The van der Waals surface area contributed by atoms with E-state index in [4.69, 9.17) is 10.5 Å². The van der Waals surface area contributed by atoms with Gasteiger partial charge in [-0.15, -0.1) is 0 Å². The van der Waals surface area contributed by atoms with E-state index in [1.165, 1.54) is 0 Å². The monoisotopic (exact) mass is 278 g/mol. The van der Waals surface area contributed by atoms with Crippen LogP contribution in [-0.2, 0) is 23.1 Å². The fourth-order valence-corrected chi connectivity index (χ4v) is 2.72. The summed E-state index contributed by atoms with van der Waals surface area (Å²) in [5.74, 6) is 1.02. The van der Waals surface area contributed by atoms with Crippen LogP contribution in [0.5, 0.6) is 0 Å². The summed E-state index contributed by atoms with van der Waals surface area (Å²) in [4.78, 5) is 18.9. The second-order valence-corrected chi connectivity index (χ2v) is 5.71. The van der Waals surface area contributed by atoms with Crippen LogP contribution < -0.4 is 5.73 Å². The number of hydrogen-bond donors (Lipinski definition) is 1. The van der Waals surface area contributed by atoms with Crippen molar-refractivity contribution >= 4 is 5.91 Å². The molecule has 2 N–H and O–H groups in total. The van der Waals surface area contributed by atoms with E-state index in [-0.39, 0.29) is 18.1 Å². The molecule has 6 heteroatoms. The van der Waals surface area contributed by atoms with Gasteiger partial charge in [0.05, 0.1) is 12.6 Å². The van der Waals surface area contributed by atoms with Crippen LogP contribution in [0.4, 0.5) is 0 Å². The molecule has 2 unspecified atom stereocenters. The molecular formula is C14H22N4O2. The van der Waals surface area contributed by atoms with Crippen LogP contribution in [0, 0.1) is 0 Å². The first kappa shape index (κ1) is 13.6. The zero-order valence-electron chi connectivity index (χ0n) is 11.9. The number of carbonyl (C=O) groups is 1. The Balaban J connectivity index is 1.68. The van der Waals surface area contributed by atoms with E-state index in [0.717, 1.165) is 31.5 Å². The van der Waals surface area contributed by atoms with Crippen molar-refractivity contribution in [1.29, 1.82) is 0 Å². The molecular weight excluding hydrogens is 256 g/mol. The van der Waals surface area contributed by atoms with E-state index in [1.54, 1.807) is 6.20 Å². The lowest BCUT2D eigenvalue weighted by Gasteiger charge is -2.25. The average molecular weight is 278 g/mol. The van der Waals surface area contributed by atoms with E-state index in [1.807, 2.05) is 22.7 Å². The Kier molecular flexibility index (Phi) is 3.76. The van der Waals surface area contributed by atoms with Gasteiger partial charge in [0.1, 0.15) is 11.9 Å². The molecule has 6 nitrogen and oxygen atoms in total. The van der Waals surface area contributed by atoms with Crippen molar-refractivity contribution in [3.8, 4) is 0 Å². The van der Waals surface area contributed by atoms with Gasteiger partial charge < -0.3 is 19.9 Å². The van der Waals surface area contributed by atoms with Crippen molar-refractivity contribution in [2.45, 2.75) is 50.5 Å². The summed E-state index contributed by atoms with van der Waals surface area (Å²) in [6.45, 7) is 1.06. The number of amides is 1. The molecule has 0 aromatic carbocycles. The molecule has 1 amide bonds. The summed E-state index contributed by atoms with van der Waals surface area (Å²) >= 11 is 0. The maximum Gasteiger partial charge on any atom is 0.252 e. The summed E-state index contributed by atoms with van der Waals surface area (Å²) in [6, 6.07) is 0.361. The number of hydrogen-bond acceptors (Lipinski definition) is 4. The van der Waals surface area contributed by atoms with Crippen LogP contribution in [-0.4, -0.2) is 45.2 Å². The number of nitrogens with zero attached hydrogens (tertiary/aromatic N) is 3. The lowest BCUT2D eigenvalue weighted by atomic mass is 10.1. The van der Waals surface area contributed by atoms with E-state index in [2.05, 4.69) is 4.98 Å². The molecule has 1 aromatic heterocycles. The number of ether oxygens (including phenoxy) is 1. The molecule has 0 bridgehead atoms. The van der Waals surface area contributed by atoms with Crippen LogP contribution >= 0.6 is 0 Å². The molecule has 110 valence electrons. The van der Waals surface area contributed by atoms with Crippen LogP contribution in [0.1, 0.15) is 31.5 Å². The zero-order valence-corrected chi connectivity index (χ0v) is 11.9. The summed E-state index contributed by atoms with van der Waals surface area (Å²) in [6.07, 6.45) is 7.23. The SMILES string of the molecule is Cn1ccnc1CN(C(=O)C1CCC(CN)O1)C1CC1. The fourth-order valence-electron chi connectivity index (χ4n) is 2.72. The molecule has 2 heterocycles. The first-order chi connectivity index (χ1) is 9.69. The highest BCUT2D eigenvalue weighted by molar-refractivity contribution is 5.81. The number of aromatic nitrogens is 2. The van der Waals surface area contributed by atoms with E-state index in [9.17, 15) is 4.79 Å². The highest BCUT2D eigenvalue weighted by Crippen LogP contribution is 2.31. The van der Waals surface area contributed by atoms with Crippen LogP contribution in [0.15, 0.2) is 12.4 Å². The Bertz CT molecular complexity index is 483. The first-order valence-electron chi connectivity index (χ1n) is 7.31. The zero-order chi connectivity index (χ0) is 14.1. The van der Waals surface area contributed by atoms with Gasteiger partial charge >= 0.3 is 0 Å². The first-order valence-corrected chi connectivity index (χ1v) is 7.31. The lowest BCUT2D eigenvalue weighted by Crippen LogP contribution is -2.41. The third-order valence-electron chi connectivity index (χ3n) is 4.15. The molecule has 1 aliphatic heterocycles. The van der Waals surface area contributed by atoms with Gasteiger partial charge in [0.15, 0.2) is 0 Å². The van der Waals surface area contributed by atoms with Gasteiger partial charge in [-0.2, -0.15) is 0 Å². The van der Waals surface area contributed by atoms with Crippen LogP contribution in [0.3, 0.4) is 0 Å². The molecule has 0 spiro atoms. The smallest absolute Gasteiger partial charge is 0.252 e. The summed E-state index contributed by atoms with van der Waals surface area (Å²) in [5.41, 5.74) is 5.61. The minimum atomic E-state index is -0.315. The largest absolute Gasteiger partial charge is 0.364 e. The molecule has 2 aliphatic rings. The molecule has 2 fully saturated rings. The minimum absolute atomic E-state index is 0.0400. The topological polar surface area (TPSA) is 73.4 Å². The Morgan fingerprint density at radius 2 is 2.30 bits per heavy atom. The van der Waals surface area contributed by atoms with Crippen LogP contribution in [0.2, 0.25) is 0 Å². The molecule has 1 saturated heterocycles. The molecule has 2 atom stereocenters. The normalized spacial score (nSPS) is 25.9. The quantitative estimate of drug-likeness (QED) is 0.847. The van der Waals surface area contributed by atoms with Gasteiger partial charge in [-0.05, 0) is 25.7 Å². The van der Waals surface area contributed by atoms with Crippen molar-refractivity contribution < 1.29 is 9.53 Å². The highest BCUT2D eigenvalue weighted by atomic mass is 16.5. The van der Waals surface area contributed by atoms with Crippen molar-refractivity contribution in [2.24, 2.45) is 12.8 Å². The number of rotatable bonds is 5. The molecule has 3 rings (SSSR count). The molecule has 20 heavy (non-hydrogen) atoms. The Morgan fingerprint density at radius 3 is 2.85 bits per heavy atom. The maximum atomic E-state index is 12.6. The molecule has 1 aromatic rings. The average Bonchev–Trinajstić information content (AvgIpc) is 3.03. The third kappa shape index (κ3) is 2.71. The van der Waals surface area contributed by atoms with Crippen molar-refractivity contribution in [3.05, 3.63) is 18.2 Å². The maximum absolute atomic E-state index is 12.6. The van der Waals surface area contributed by atoms with E-state index < -0.39 is 0 Å². The number of imidazole rings is 1. The van der Waals surface area contributed by atoms with Gasteiger partial charge in [-0.3, -0.25) is 4.79 Å². The van der Waals surface area contributed by atoms with E-state index >= 15 is 0 Å². The number of aryl methyl sites for hydroxylation is 1. The van der Waals surface area contributed by atoms with Crippen molar-refractivity contribution in [1.82, 2.24) is 14.5 Å². The second kappa shape index (κ2) is 5.54. The van der Waals surface area contributed by atoms with Gasteiger partial charge in [-0.25, -0.2) is 4.98 Å². The highest BCUT2D eigenvalue weighted by Gasteiger charge is 2.39. The van der Waals surface area contributed by atoms with Gasteiger partial charge in [0.2, 0.25) is 0 Å². The Morgan fingerprint density at radius 1 is 1.50 bits per heavy atom. The lowest BCUT2D eigenvalue weighted by molar-refractivity contribution is -0.144. The standard InChI is InChI=1S/C14H22N4O2/c1-17-7-6-16-13(17)9-18(10-2-3-10)14(19)12-5-4-11(8-15)20-12/h6-7,10-12H,2-5,8-9,15H2,1H3. The minimum Gasteiger partial charge on any atom is -0.364 e. The van der Waals surface area contributed by atoms with Crippen LogP contribution in [0.25, 0.3) is 0 Å². The number of nitrogens with two attached hydrogens (primary N) is 1. The summed E-state index contributed by atoms with van der Waals surface area (Å²) < 4.78 is 7.70. The second-order valence-electron chi connectivity index (χ2n) is 5.71. The van der Waals surface area contributed by atoms with Gasteiger partial charge in [-0.1, -0.05) is 0 Å². The third-order valence-corrected chi connectivity index (χ3v) is 4.15. The predicted octanol–water partition coefficient (Wildman–Crippen LogP) is 0.417. The molecule has 0 radical (unpaired) electrons.